The Balaban J connectivity index is 1.70. The zero-order chi connectivity index (χ0) is 16.9. The molecule has 0 N–H and O–H groups in total. The van der Waals surface area contributed by atoms with Crippen molar-refractivity contribution in [2.45, 2.75) is 25.3 Å². The van der Waals surface area contributed by atoms with Crippen LogP contribution in [0.5, 0.6) is 0 Å². The number of nitrogens with zero attached hydrogens (tertiary/aromatic N) is 5. The molecule has 0 radical (unpaired) electrons. The van der Waals surface area contributed by atoms with Crippen molar-refractivity contribution in [3.8, 4) is 0 Å². The van der Waals surface area contributed by atoms with Crippen molar-refractivity contribution in [2.24, 2.45) is 0 Å². The van der Waals surface area contributed by atoms with E-state index in [2.05, 4.69) is 33.5 Å². The van der Waals surface area contributed by atoms with Crippen molar-refractivity contribution in [1.82, 2.24) is 24.3 Å². The van der Waals surface area contributed by atoms with Gasteiger partial charge in [-0.15, -0.1) is 0 Å². The maximum atomic E-state index is 12.6. The highest BCUT2D eigenvalue weighted by Gasteiger charge is 2.28. The largest absolute Gasteiger partial charge is 0.337 e. The van der Waals surface area contributed by atoms with Gasteiger partial charge < -0.3 is 14.4 Å². The minimum atomic E-state index is 0.0201. The van der Waals surface area contributed by atoms with Crippen molar-refractivity contribution in [1.29, 1.82) is 0 Å². The van der Waals surface area contributed by atoms with E-state index in [-0.39, 0.29) is 5.91 Å². The van der Waals surface area contributed by atoms with Gasteiger partial charge in [0.25, 0.3) is 5.91 Å². The minimum absolute atomic E-state index is 0.0201. The van der Waals surface area contributed by atoms with Crippen LogP contribution in [0.1, 0.15) is 35.1 Å². The third-order valence-corrected chi connectivity index (χ3v) is 4.49. The van der Waals surface area contributed by atoms with Crippen LogP contribution in [-0.2, 0) is 6.54 Å². The monoisotopic (exact) mass is 327 g/mol. The SMILES string of the molecule is CN(C)CCn1ccnc1[C@@H]1CCCN(C(=O)c2ccccn2)C1. The van der Waals surface area contributed by atoms with Crippen LogP contribution in [0.3, 0.4) is 0 Å². The molecule has 2 aromatic rings. The van der Waals surface area contributed by atoms with Crippen LogP contribution < -0.4 is 0 Å². The molecule has 2 aromatic heterocycles. The fourth-order valence-corrected chi connectivity index (χ4v) is 3.20. The summed E-state index contributed by atoms with van der Waals surface area (Å²) in [7, 11) is 4.15. The highest BCUT2D eigenvalue weighted by atomic mass is 16.2. The molecule has 0 bridgehead atoms. The number of imidazole rings is 1. The normalized spacial score (nSPS) is 18.1. The smallest absolute Gasteiger partial charge is 0.272 e. The predicted octanol–water partition coefficient (Wildman–Crippen LogP) is 1.86. The Morgan fingerprint density at radius 2 is 2.17 bits per heavy atom. The summed E-state index contributed by atoms with van der Waals surface area (Å²) in [5.74, 6) is 1.41. The summed E-state index contributed by atoms with van der Waals surface area (Å²) in [6.45, 7) is 3.42. The van der Waals surface area contributed by atoms with Gasteiger partial charge in [-0.25, -0.2) is 4.98 Å². The highest BCUT2D eigenvalue weighted by molar-refractivity contribution is 5.92. The standard InChI is InChI=1S/C18H25N5O/c1-21(2)12-13-22-11-9-20-17(22)15-6-5-10-23(14-15)18(24)16-7-3-4-8-19-16/h3-4,7-9,11,15H,5-6,10,12-14H2,1-2H3/t15-/m1/s1. The van der Waals surface area contributed by atoms with Gasteiger partial charge in [0.2, 0.25) is 0 Å². The highest BCUT2D eigenvalue weighted by Crippen LogP contribution is 2.26. The zero-order valence-electron chi connectivity index (χ0n) is 14.4. The van der Waals surface area contributed by atoms with Crippen molar-refractivity contribution < 1.29 is 4.79 Å². The van der Waals surface area contributed by atoms with Gasteiger partial charge in [0, 0.05) is 50.7 Å². The third kappa shape index (κ3) is 3.82. The number of rotatable bonds is 5. The Morgan fingerprint density at radius 3 is 2.92 bits per heavy atom. The van der Waals surface area contributed by atoms with E-state index in [1.54, 1.807) is 12.3 Å². The first kappa shape index (κ1) is 16.6. The van der Waals surface area contributed by atoms with E-state index in [9.17, 15) is 4.79 Å². The second-order valence-corrected chi connectivity index (χ2v) is 6.59. The molecule has 0 aliphatic carbocycles. The van der Waals surface area contributed by atoms with E-state index in [0.717, 1.165) is 38.3 Å². The van der Waals surface area contributed by atoms with E-state index in [1.165, 1.54) is 0 Å². The van der Waals surface area contributed by atoms with Gasteiger partial charge in [-0.3, -0.25) is 9.78 Å². The third-order valence-electron chi connectivity index (χ3n) is 4.49. The molecule has 0 aromatic carbocycles. The van der Waals surface area contributed by atoms with Gasteiger partial charge >= 0.3 is 0 Å². The molecule has 0 unspecified atom stereocenters. The zero-order valence-corrected chi connectivity index (χ0v) is 14.4. The van der Waals surface area contributed by atoms with Gasteiger partial charge in [0.1, 0.15) is 11.5 Å². The Morgan fingerprint density at radius 1 is 1.29 bits per heavy atom. The summed E-state index contributed by atoms with van der Waals surface area (Å²) in [5, 5.41) is 0. The van der Waals surface area contributed by atoms with E-state index in [4.69, 9.17) is 0 Å². The number of carbonyl (C=O) groups is 1. The number of carbonyl (C=O) groups excluding carboxylic acids is 1. The Kier molecular flexibility index (Phi) is 5.25. The number of hydrogen-bond acceptors (Lipinski definition) is 4. The molecule has 3 heterocycles. The summed E-state index contributed by atoms with van der Waals surface area (Å²) < 4.78 is 2.22. The lowest BCUT2D eigenvalue weighted by molar-refractivity contribution is 0.0697. The first-order valence-corrected chi connectivity index (χ1v) is 8.51. The minimum Gasteiger partial charge on any atom is -0.337 e. The van der Waals surface area contributed by atoms with E-state index < -0.39 is 0 Å². The van der Waals surface area contributed by atoms with Crippen LogP contribution in [-0.4, -0.2) is 64.0 Å². The Hall–Kier alpha value is -2.21. The molecule has 1 amide bonds. The number of amides is 1. The first-order chi connectivity index (χ1) is 11.6. The molecule has 24 heavy (non-hydrogen) atoms. The summed E-state index contributed by atoms with van der Waals surface area (Å²) >= 11 is 0. The summed E-state index contributed by atoms with van der Waals surface area (Å²) in [6, 6.07) is 5.47. The maximum Gasteiger partial charge on any atom is 0.272 e. The molecule has 1 aliphatic rings. The lowest BCUT2D eigenvalue weighted by Crippen LogP contribution is -2.40. The lowest BCUT2D eigenvalue weighted by Gasteiger charge is -2.32. The Labute approximate surface area is 143 Å². The number of likely N-dealkylation sites (tertiary alicyclic amines) is 1. The van der Waals surface area contributed by atoms with Crippen LogP contribution in [0.25, 0.3) is 0 Å². The summed E-state index contributed by atoms with van der Waals surface area (Å²) in [4.78, 5) is 25.5. The predicted molar refractivity (Wildman–Crippen MR) is 92.9 cm³/mol. The number of likely N-dealkylation sites (N-methyl/N-ethyl adjacent to an activating group) is 1. The molecule has 3 rings (SSSR count). The van der Waals surface area contributed by atoms with Crippen LogP contribution in [0.15, 0.2) is 36.8 Å². The molecule has 6 nitrogen and oxygen atoms in total. The average molecular weight is 327 g/mol. The topological polar surface area (TPSA) is 54.3 Å². The number of hydrogen-bond donors (Lipinski definition) is 0. The van der Waals surface area contributed by atoms with Gasteiger partial charge in [-0.2, -0.15) is 0 Å². The molecule has 0 saturated carbocycles. The molecular weight excluding hydrogens is 302 g/mol. The van der Waals surface area contributed by atoms with Gasteiger partial charge in [0.15, 0.2) is 0 Å². The quantitative estimate of drug-likeness (QED) is 0.841. The van der Waals surface area contributed by atoms with Crippen molar-refractivity contribution in [2.75, 3.05) is 33.7 Å². The summed E-state index contributed by atoms with van der Waals surface area (Å²) in [5.41, 5.74) is 0.522. The van der Waals surface area contributed by atoms with Crippen molar-refractivity contribution >= 4 is 5.91 Å². The average Bonchev–Trinajstić information content (AvgIpc) is 3.09. The van der Waals surface area contributed by atoms with Gasteiger partial charge in [-0.05, 0) is 39.1 Å². The van der Waals surface area contributed by atoms with E-state index >= 15 is 0 Å². The number of aromatic nitrogens is 3. The number of pyridine rings is 1. The van der Waals surface area contributed by atoms with Gasteiger partial charge in [-0.1, -0.05) is 6.07 Å². The molecule has 1 fully saturated rings. The fraction of sp³-hybridized carbons (Fsp3) is 0.500. The maximum absolute atomic E-state index is 12.6. The fourth-order valence-electron chi connectivity index (χ4n) is 3.20. The molecule has 1 saturated heterocycles. The molecule has 1 atom stereocenters. The Bertz CT molecular complexity index is 667. The van der Waals surface area contributed by atoms with Crippen LogP contribution in [0.4, 0.5) is 0 Å². The molecule has 6 heteroatoms. The second kappa shape index (κ2) is 7.57. The van der Waals surface area contributed by atoms with E-state index in [1.807, 2.05) is 29.4 Å². The van der Waals surface area contributed by atoms with Crippen LogP contribution in [0.2, 0.25) is 0 Å². The molecular formula is C18H25N5O. The second-order valence-electron chi connectivity index (χ2n) is 6.59. The number of piperidine rings is 1. The van der Waals surface area contributed by atoms with E-state index in [0.29, 0.717) is 18.2 Å². The van der Waals surface area contributed by atoms with Crippen molar-refractivity contribution in [3.05, 3.63) is 48.3 Å². The van der Waals surface area contributed by atoms with Crippen molar-refractivity contribution in [3.63, 3.8) is 0 Å². The molecule has 0 spiro atoms. The molecule has 128 valence electrons. The van der Waals surface area contributed by atoms with Crippen LogP contribution >= 0.6 is 0 Å². The van der Waals surface area contributed by atoms with Gasteiger partial charge in [0.05, 0.1) is 0 Å². The van der Waals surface area contributed by atoms with Crippen LogP contribution in [0, 0.1) is 0 Å². The molecule has 1 aliphatic heterocycles. The summed E-state index contributed by atoms with van der Waals surface area (Å²) in [6.07, 6.45) is 7.65. The lowest BCUT2D eigenvalue weighted by atomic mass is 9.96. The first-order valence-electron chi connectivity index (χ1n) is 8.51.